The molecule has 0 atom stereocenters. The summed E-state index contributed by atoms with van der Waals surface area (Å²) in [5.74, 6) is -0.203. The second kappa shape index (κ2) is 4.17. The normalized spacial score (nSPS) is 17.9. The maximum absolute atomic E-state index is 11.2. The van der Waals surface area contributed by atoms with Gasteiger partial charge in [-0.3, -0.25) is 4.79 Å². The van der Waals surface area contributed by atoms with E-state index in [1.807, 2.05) is 0 Å². The number of methoxy groups -OCH3 is 1. The van der Waals surface area contributed by atoms with Gasteiger partial charge in [0.2, 0.25) is 0 Å². The van der Waals surface area contributed by atoms with Crippen LogP contribution in [-0.4, -0.2) is 18.1 Å². The summed E-state index contributed by atoms with van der Waals surface area (Å²) in [4.78, 5) is 17.0. The van der Waals surface area contributed by atoms with E-state index < -0.39 is 0 Å². The lowest BCUT2D eigenvalue weighted by Gasteiger charge is -2.28. The summed E-state index contributed by atoms with van der Waals surface area (Å²) in [7, 11) is 1.42. The molecule has 3 nitrogen and oxygen atoms in total. The molecule has 1 aromatic rings. The third-order valence-electron chi connectivity index (χ3n) is 3.02. The average Bonchev–Trinajstić information content (AvgIpc) is 2.57. The van der Waals surface area contributed by atoms with Crippen molar-refractivity contribution in [3.63, 3.8) is 0 Å². The summed E-state index contributed by atoms with van der Waals surface area (Å²) < 4.78 is 4.65. The van der Waals surface area contributed by atoms with Crippen LogP contribution in [0, 0.1) is 5.41 Å². The number of rotatable bonds is 2. The molecule has 0 amide bonds. The van der Waals surface area contributed by atoms with Crippen molar-refractivity contribution < 1.29 is 9.53 Å². The number of nitrogens with zero attached hydrogens (tertiary/aromatic N) is 1. The molecule has 88 valence electrons. The number of hydrogen-bond donors (Lipinski definition) is 0. The quantitative estimate of drug-likeness (QED) is 0.744. The highest BCUT2D eigenvalue weighted by molar-refractivity contribution is 7.11. The van der Waals surface area contributed by atoms with Gasteiger partial charge in [-0.05, 0) is 24.7 Å². The van der Waals surface area contributed by atoms with E-state index >= 15 is 0 Å². The number of aromatic nitrogens is 1. The number of carbonyl (C=O) groups is 1. The molecule has 0 aliphatic heterocycles. The zero-order chi connectivity index (χ0) is 11.8. The predicted octanol–water partition coefficient (Wildman–Crippen LogP) is 2.37. The van der Waals surface area contributed by atoms with Crippen molar-refractivity contribution in [3.05, 3.63) is 15.6 Å². The van der Waals surface area contributed by atoms with Crippen molar-refractivity contribution in [2.75, 3.05) is 7.11 Å². The smallest absolute Gasteiger partial charge is 0.312 e. The Morgan fingerprint density at radius 2 is 2.31 bits per heavy atom. The largest absolute Gasteiger partial charge is 0.469 e. The van der Waals surface area contributed by atoms with Crippen molar-refractivity contribution in [2.45, 2.75) is 39.5 Å². The Bertz CT molecular complexity index is 409. The molecule has 0 saturated heterocycles. The van der Waals surface area contributed by atoms with Crippen LogP contribution in [0.1, 0.15) is 35.8 Å². The fraction of sp³-hybridized carbons (Fsp3) is 0.667. The van der Waals surface area contributed by atoms with Gasteiger partial charge >= 0.3 is 5.97 Å². The molecule has 1 aliphatic carbocycles. The molecule has 4 heteroatoms. The van der Waals surface area contributed by atoms with Crippen molar-refractivity contribution in [1.29, 1.82) is 0 Å². The Kier molecular flexibility index (Phi) is 3.02. The average molecular weight is 239 g/mol. The number of hydrogen-bond acceptors (Lipinski definition) is 4. The molecule has 2 rings (SSSR count). The van der Waals surface area contributed by atoms with Crippen LogP contribution in [0.4, 0.5) is 0 Å². The van der Waals surface area contributed by atoms with E-state index in [1.54, 1.807) is 11.3 Å². The first-order valence-electron chi connectivity index (χ1n) is 5.54. The Morgan fingerprint density at radius 1 is 1.56 bits per heavy atom. The van der Waals surface area contributed by atoms with Crippen LogP contribution in [-0.2, 0) is 28.8 Å². The fourth-order valence-corrected chi connectivity index (χ4v) is 3.38. The summed E-state index contributed by atoms with van der Waals surface area (Å²) in [6, 6.07) is 0. The SMILES string of the molecule is COC(=O)Cc1nc2c(s1)CC(C)(C)CC2. The highest BCUT2D eigenvalue weighted by Crippen LogP contribution is 2.37. The molecule has 1 heterocycles. The molecule has 0 saturated carbocycles. The van der Waals surface area contributed by atoms with Crippen molar-refractivity contribution in [1.82, 2.24) is 4.98 Å². The molecule has 0 aromatic carbocycles. The van der Waals surface area contributed by atoms with Gasteiger partial charge in [0, 0.05) is 4.88 Å². The van der Waals surface area contributed by atoms with E-state index in [1.165, 1.54) is 24.1 Å². The topological polar surface area (TPSA) is 39.2 Å². The van der Waals surface area contributed by atoms with Gasteiger partial charge in [0.15, 0.2) is 0 Å². The zero-order valence-corrected chi connectivity index (χ0v) is 10.8. The molecule has 0 N–H and O–H groups in total. The van der Waals surface area contributed by atoms with Crippen LogP contribution in [0.5, 0.6) is 0 Å². The Balaban J connectivity index is 2.15. The monoisotopic (exact) mass is 239 g/mol. The van der Waals surface area contributed by atoms with Crippen molar-refractivity contribution in [3.8, 4) is 0 Å². The van der Waals surface area contributed by atoms with E-state index in [-0.39, 0.29) is 5.97 Å². The second-order valence-electron chi connectivity index (χ2n) is 5.07. The van der Waals surface area contributed by atoms with Crippen LogP contribution >= 0.6 is 11.3 Å². The highest BCUT2D eigenvalue weighted by atomic mass is 32.1. The minimum atomic E-state index is -0.203. The van der Waals surface area contributed by atoms with Gasteiger partial charge in [0.05, 0.1) is 19.2 Å². The lowest BCUT2D eigenvalue weighted by atomic mass is 9.79. The predicted molar refractivity (Wildman–Crippen MR) is 63.6 cm³/mol. The van der Waals surface area contributed by atoms with E-state index in [0.717, 1.165) is 17.8 Å². The van der Waals surface area contributed by atoms with Gasteiger partial charge in [0.25, 0.3) is 0 Å². The summed E-state index contributed by atoms with van der Waals surface area (Å²) in [6.07, 6.45) is 3.62. The van der Waals surface area contributed by atoms with E-state index in [4.69, 9.17) is 0 Å². The van der Waals surface area contributed by atoms with E-state index in [2.05, 4.69) is 23.6 Å². The Hall–Kier alpha value is -0.900. The highest BCUT2D eigenvalue weighted by Gasteiger charge is 2.28. The summed E-state index contributed by atoms with van der Waals surface area (Å²) in [5.41, 5.74) is 1.57. The Labute approximate surface area is 99.8 Å². The molecule has 1 aromatic heterocycles. The van der Waals surface area contributed by atoms with Crippen LogP contribution in [0.25, 0.3) is 0 Å². The number of ether oxygens (including phenoxy) is 1. The van der Waals surface area contributed by atoms with Gasteiger partial charge in [-0.25, -0.2) is 4.98 Å². The number of fused-ring (bicyclic) bond motifs is 1. The minimum Gasteiger partial charge on any atom is -0.469 e. The van der Waals surface area contributed by atoms with Gasteiger partial charge in [-0.15, -0.1) is 11.3 Å². The van der Waals surface area contributed by atoms with Crippen LogP contribution in [0.3, 0.4) is 0 Å². The first kappa shape index (κ1) is 11.6. The minimum absolute atomic E-state index is 0.203. The molecular formula is C12H17NO2S. The second-order valence-corrected chi connectivity index (χ2v) is 6.24. The number of thiazole rings is 1. The standard InChI is InChI=1S/C12H17NO2S/c1-12(2)5-4-8-9(7-12)16-10(13-8)6-11(14)15-3/h4-7H2,1-3H3. The van der Waals surface area contributed by atoms with Crippen molar-refractivity contribution >= 4 is 17.3 Å². The molecule has 1 aliphatic rings. The first-order chi connectivity index (χ1) is 7.50. The summed E-state index contributed by atoms with van der Waals surface area (Å²) in [6.45, 7) is 4.57. The van der Waals surface area contributed by atoms with Crippen LogP contribution < -0.4 is 0 Å². The fourth-order valence-electron chi connectivity index (χ4n) is 2.02. The third-order valence-corrected chi connectivity index (χ3v) is 4.12. The Morgan fingerprint density at radius 3 is 3.00 bits per heavy atom. The van der Waals surface area contributed by atoms with Gasteiger partial charge < -0.3 is 4.74 Å². The number of aryl methyl sites for hydroxylation is 1. The molecule has 0 spiro atoms. The van der Waals surface area contributed by atoms with Crippen LogP contribution in [0.2, 0.25) is 0 Å². The molecule has 0 unspecified atom stereocenters. The first-order valence-corrected chi connectivity index (χ1v) is 6.36. The summed E-state index contributed by atoms with van der Waals surface area (Å²) in [5, 5.41) is 0.898. The number of esters is 1. The summed E-state index contributed by atoms with van der Waals surface area (Å²) >= 11 is 1.67. The molecule has 0 bridgehead atoms. The lowest BCUT2D eigenvalue weighted by Crippen LogP contribution is -2.20. The van der Waals surface area contributed by atoms with Gasteiger partial charge in [-0.1, -0.05) is 13.8 Å². The van der Waals surface area contributed by atoms with E-state index in [9.17, 15) is 4.79 Å². The van der Waals surface area contributed by atoms with E-state index in [0.29, 0.717) is 11.8 Å². The number of carbonyl (C=O) groups excluding carboxylic acids is 1. The van der Waals surface area contributed by atoms with Gasteiger partial charge in [-0.2, -0.15) is 0 Å². The van der Waals surface area contributed by atoms with Crippen molar-refractivity contribution in [2.24, 2.45) is 5.41 Å². The lowest BCUT2D eigenvalue weighted by molar-refractivity contribution is -0.139. The maximum atomic E-state index is 11.2. The third kappa shape index (κ3) is 2.43. The maximum Gasteiger partial charge on any atom is 0.312 e. The molecular weight excluding hydrogens is 222 g/mol. The zero-order valence-electron chi connectivity index (χ0n) is 10.0. The molecule has 16 heavy (non-hydrogen) atoms. The van der Waals surface area contributed by atoms with Crippen LogP contribution in [0.15, 0.2) is 0 Å². The molecule has 0 fully saturated rings. The molecule has 0 radical (unpaired) electrons. The van der Waals surface area contributed by atoms with Gasteiger partial charge in [0.1, 0.15) is 5.01 Å².